The second-order valence-corrected chi connectivity index (χ2v) is 11.6. The number of nitrogens with one attached hydrogen (secondary N) is 2. The summed E-state index contributed by atoms with van der Waals surface area (Å²) in [6.07, 6.45) is 1.55. The van der Waals surface area contributed by atoms with Crippen LogP contribution in [0.5, 0.6) is 5.75 Å². The summed E-state index contributed by atoms with van der Waals surface area (Å²) in [5, 5.41) is 4.85. The lowest BCUT2D eigenvalue weighted by Crippen LogP contribution is -2.31. The fourth-order valence-corrected chi connectivity index (χ4v) is 5.86. The number of carbonyl (C=O) groups is 5. The smallest absolute Gasteiger partial charge is 0.338 e. The van der Waals surface area contributed by atoms with Crippen LogP contribution in [0.25, 0.3) is 6.08 Å². The first kappa shape index (κ1) is 32.7. The number of esters is 1. The van der Waals surface area contributed by atoms with Crippen molar-refractivity contribution in [1.29, 1.82) is 0 Å². The van der Waals surface area contributed by atoms with Crippen molar-refractivity contribution >= 4 is 58.8 Å². The molecule has 1 unspecified atom stereocenters. The van der Waals surface area contributed by atoms with E-state index in [9.17, 15) is 24.0 Å². The summed E-state index contributed by atoms with van der Waals surface area (Å²) >= 11 is 1.21. The first-order valence-corrected chi connectivity index (χ1v) is 15.6. The lowest BCUT2D eigenvalue weighted by atomic mass is 10.1. The van der Waals surface area contributed by atoms with Crippen LogP contribution in [-0.2, 0) is 19.1 Å². The van der Waals surface area contributed by atoms with Crippen LogP contribution in [0.1, 0.15) is 39.6 Å². The molecule has 10 nitrogen and oxygen atoms in total. The van der Waals surface area contributed by atoms with Crippen molar-refractivity contribution in [2.24, 2.45) is 0 Å². The summed E-state index contributed by atoms with van der Waals surface area (Å²) in [6.45, 7) is 1.94. The largest absolute Gasteiger partial charge is 0.497 e. The molecule has 4 amide bonds. The average molecular weight is 650 g/mol. The number of amides is 4. The zero-order valence-electron chi connectivity index (χ0n) is 25.6. The van der Waals surface area contributed by atoms with E-state index in [1.54, 1.807) is 111 Å². The van der Waals surface area contributed by atoms with E-state index < -0.39 is 23.0 Å². The molecule has 0 spiro atoms. The van der Waals surface area contributed by atoms with E-state index in [-0.39, 0.29) is 30.5 Å². The first-order valence-electron chi connectivity index (χ1n) is 14.7. The van der Waals surface area contributed by atoms with Crippen LogP contribution >= 0.6 is 11.8 Å². The third-order valence-electron chi connectivity index (χ3n) is 7.07. The molecule has 0 aliphatic carbocycles. The molecule has 0 saturated carbocycles. The molecule has 1 atom stereocenters. The molecule has 238 valence electrons. The van der Waals surface area contributed by atoms with Crippen LogP contribution in [0.15, 0.2) is 114 Å². The number of ether oxygens (including phenoxy) is 2. The van der Waals surface area contributed by atoms with Crippen molar-refractivity contribution in [2.45, 2.75) is 23.5 Å². The van der Waals surface area contributed by atoms with Gasteiger partial charge in [-0.05, 0) is 85.3 Å². The number of hydrogen-bond donors (Lipinski definition) is 2. The van der Waals surface area contributed by atoms with E-state index in [2.05, 4.69) is 10.6 Å². The second kappa shape index (κ2) is 15.1. The van der Waals surface area contributed by atoms with E-state index >= 15 is 0 Å². The number of carbonyl (C=O) groups excluding carboxylic acids is 5. The van der Waals surface area contributed by atoms with Gasteiger partial charge in [0.05, 0.1) is 30.2 Å². The highest BCUT2D eigenvalue weighted by atomic mass is 32.2. The predicted molar refractivity (Wildman–Crippen MR) is 179 cm³/mol. The number of thioether (sulfide) groups is 1. The fourth-order valence-electron chi connectivity index (χ4n) is 4.75. The molecule has 0 bridgehead atoms. The lowest BCUT2D eigenvalue weighted by Gasteiger charge is -2.15. The zero-order chi connectivity index (χ0) is 33.3. The Morgan fingerprint density at radius 1 is 0.894 bits per heavy atom. The molecule has 4 aromatic rings. The summed E-state index contributed by atoms with van der Waals surface area (Å²) in [5.74, 6) is -1.59. The Kier molecular flexibility index (Phi) is 10.5. The third-order valence-corrected chi connectivity index (χ3v) is 8.25. The standard InChI is InChI=1S/C36H31N3O7S/c1-3-46-36(44)25-14-16-27(17-15-25)39-32(40)22-31(35(39)43)47-29-11-7-10-26(21-29)37-34(42)30(20-23-12-18-28(45-2)19-13-23)38-33(41)24-8-5-4-6-9-24/h4-21,31H,3,22H2,1-2H3,(H,37,42)(H,38,41). The summed E-state index contributed by atoms with van der Waals surface area (Å²) in [4.78, 5) is 66.4. The molecule has 1 fully saturated rings. The van der Waals surface area contributed by atoms with Crippen LogP contribution in [-0.4, -0.2) is 48.6 Å². The summed E-state index contributed by atoms with van der Waals surface area (Å²) in [7, 11) is 1.56. The SMILES string of the molecule is CCOC(=O)c1ccc(N2C(=O)CC(Sc3cccc(NC(=O)C(=Cc4ccc(OC)cc4)NC(=O)c4ccccc4)c3)C2=O)cc1. The highest BCUT2D eigenvalue weighted by Crippen LogP contribution is 2.35. The first-order chi connectivity index (χ1) is 22.7. The van der Waals surface area contributed by atoms with Crippen molar-refractivity contribution in [3.05, 3.63) is 126 Å². The predicted octanol–water partition coefficient (Wildman–Crippen LogP) is 5.71. The molecular formula is C36H31N3O7S. The molecule has 1 aliphatic rings. The van der Waals surface area contributed by atoms with Crippen LogP contribution in [0, 0.1) is 0 Å². The highest BCUT2D eigenvalue weighted by molar-refractivity contribution is 8.00. The monoisotopic (exact) mass is 649 g/mol. The molecule has 47 heavy (non-hydrogen) atoms. The van der Waals surface area contributed by atoms with Crippen LogP contribution in [0.3, 0.4) is 0 Å². The van der Waals surface area contributed by atoms with Crippen LogP contribution in [0.2, 0.25) is 0 Å². The number of benzene rings is 4. The lowest BCUT2D eigenvalue weighted by molar-refractivity contribution is -0.121. The molecule has 1 aliphatic heterocycles. The van der Waals surface area contributed by atoms with E-state index in [4.69, 9.17) is 9.47 Å². The molecule has 4 aromatic carbocycles. The summed E-state index contributed by atoms with van der Waals surface area (Å²) in [6, 6.07) is 28.5. The Hall–Kier alpha value is -5.68. The van der Waals surface area contributed by atoms with Gasteiger partial charge in [-0.1, -0.05) is 36.4 Å². The maximum Gasteiger partial charge on any atom is 0.338 e. The zero-order valence-corrected chi connectivity index (χ0v) is 26.4. The van der Waals surface area contributed by atoms with Crippen molar-refractivity contribution < 1.29 is 33.4 Å². The van der Waals surface area contributed by atoms with Gasteiger partial charge in [0.2, 0.25) is 11.8 Å². The van der Waals surface area contributed by atoms with E-state index in [0.29, 0.717) is 38.7 Å². The van der Waals surface area contributed by atoms with Crippen molar-refractivity contribution in [3.63, 3.8) is 0 Å². The average Bonchev–Trinajstić information content (AvgIpc) is 3.36. The Balaban J connectivity index is 1.30. The minimum absolute atomic E-state index is 0.0139. The van der Waals surface area contributed by atoms with E-state index in [1.807, 2.05) is 0 Å². The van der Waals surface area contributed by atoms with Gasteiger partial charge in [-0.25, -0.2) is 9.69 Å². The molecular weight excluding hydrogens is 618 g/mol. The molecule has 5 rings (SSSR count). The van der Waals surface area contributed by atoms with Gasteiger partial charge in [0.15, 0.2) is 0 Å². The Labute approximate surface area is 275 Å². The van der Waals surface area contributed by atoms with Gasteiger partial charge < -0.3 is 20.1 Å². The Morgan fingerprint density at radius 2 is 1.62 bits per heavy atom. The van der Waals surface area contributed by atoms with Gasteiger partial charge >= 0.3 is 5.97 Å². The minimum Gasteiger partial charge on any atom is -0.497 e. The van der Waals surface area contributed by atoms with Crippen molar-refractivity contribution in [3.8, 4) is 5.75 Å². The van der Waals surface area contributed by atoms with E-state index in [1.165, 1.54) is 23.9 Å². The van der Waals surface area contributed by atoms with Crippen LogP contribution in [0.4, 0.5) is 11.4 Å². The van der Waals surface area contributed by atoms with Crippen molar-refractivity contribution in [2.75, 3.05) is 23.9 Å². The molecule has 11 heteroatoms. The normalized spacial score (nSPS) is 14.5. The van der Waals surface area contributed by atoms with Crippen molar-refractivity contribution in [1.82, 2.24) is 5.32 Å². The van der Waals surface area contributed by atoms with Gasteiger partial charge in [-0.15, -0.1) is 11.8 Å². The number of nitrogens with zero attached hydrogens (tertiary/aromatic N) is 1. The summed E-state index contributed by atoms with van der Waals surface area (Å²) in [5.41, 5.74) is 2.19. The summed E-state index contributed by atoms with van der Waals surface area (Å²) < 4.78 is 10.2. The molecule has 0 radical (unpaired) electrons. The molecule has 1 heterocycles. The Morgan fingerprint density at radius 3 is 2.30 bits per heavy atom. The third kappa shape index (κ3) is 8.13. The highest BCUT2D eigenvalue weighted by Gasteiger charge is 2.40. The maximum absolute atomic E-state index is 13.5. The second-order valence-electron chi connectivity index (χ2n) is 10.3. The minimum atomic E-state index is -0.686. The molecule has 2 N–H and O–H groups in total. The van der Waals surface area contributed by atoms with Gasteiger partial charge in [-0.2, -0.15) is 0 Å². The number of hydrogen-bond acceptors (Lipinski definition) is 8. The number of imide groups is 1. The number of anilines is 2. The number of rotatable bonds is 11. The fraction of sp³-hybridized carbons (Fsp3) is 0.139. The van der Waals surface area contributed by atoms with Gasteiger partial charge in [0.1, 0.15) is 11.4 Å². The number of methoxy groups -OCH3 is 1. The topological polar surface area (TPSA) is 131 Å². The van der Waals surface area contributed by atoms with Gasteiger partial charge in [0, 0.05) is 22.6 Å². The quantitative estimate of drug-likeness (QED) is 0.120. The van der Waals surface area contributed by atoms with Crippen LogP contribution < -0.4 is 20.3 Å². The van der Waals surface area contributed by atoms with Gasteiger partial charge in [-0.3, -0.25) is 19.2 Å². The van der Waals surface area contributed by atoms with Gasteiger partial charge in [0.25, 0.3) is 11.8 Å². The Bertz CT molecular complexity index is 1820. The molecule has 0 aromatic heterocycles. The molecule has 1 saturated heterocycles. The van der Waals surface area contributed by atoms with E-state index in [0.717, 1.165) is 4.90 Å². The maximum atomic E-state index is 13.5.